The summed E-state index contributed by atoms with van der Waals surface area (Å²) in [4.78, 5) is 35.9. The molecule has 0 atom stereocenters. The lowest BCUT2D eigenvalue weighted by molar-refractivity contribution is -0.252. The monoisotopic (exact) mass is 283 g/mol. The molecule has 110 valence electrons. The molecule has 7 heteroatoms. The van der Waals surface area contributed by atoms with E-state index in [1.807, 2.05) is 6.07 Å². The van der Waals surface area contributed by atoms with Gasteiger partial charge in [0.25, 0.3) is 5.79 Å². The van der Waals surface area contributed by atoms with Gasteiger partial charge in [0.15, 0.2) is 5.41 Å². The summed E-state index contributed by atoms with van der Waals surface area (Å²) >= 11 is 0. The Balaban J connectivity index is 3.04. The number of rotatable bonds is 5. The first-order chi connectivity index (χ1) is 9.27. The largest absolute Gasteiger partial charge is 0.466 e. The number of cyclic esters (lactones) is 2. The van der Waals surface area contributed by atoms with Gasteiger partial charge < -0.3 is 14.2 Å². The Kier molecular flexibility index (Phi) is 4.71. The third-order valence-corrected chi connectivity index (χ3v) is 2.87. The molecule has 1 fully saturated rings. The van der Waals surface area contributed by atoms with Crippen LogP contribution in [0.2, 0.25) is 0 Å². The molecule has 0 bridgehead atoms. The lowest BCUT2D eigenvalue weighted by atomic mass is 9.79. The fourth-order valence-electron chi connectivity index (χ4n) is 1.91. The van der Waals surface area contributed by atoms with Crippen molar-refractivity contribution in [1.29, 1.82) is 5.26 Å². The van der Waals surface area contributed by atoms with Gasteiger partial charge >= 0.3 is 17.9 Å². The van der Waals surface area contributed by atoms with Crippen molar-refractivity contribution in [3.8, 4) is 6.07 Å². The van der Waals surface area contributed by atoms with E-state index in [-0.39, 0.29) is 19.4 Å². The minimum Gasteiger partial charge on any atom is -0.466 e. The predicted octanol–water partition coefficient (Wildman–Crippen LogP) is 1.07. The van der Waals surface area contributed by atoms with E-state index in [1.54, 1.807) is 6.92 Å². The van der Waals surface area contributed by atoms with Gasteiger partial charge in [0.1, 0.15) is 0 Å². The topological polar surface area (TPSA) is 103 Å². The number of nitriles is 1. The van der Waals surface area contributed by atoms with E-state index >= 15 is 0 Å². The highest BCUT2D eigenvalue weighted by Gasteiger charge is 2.57. The fraction of sp³-hybridized carbons (Fsp3) is 0.692. The molecule has 1 saturated heterocycles. The standard InChI is InChI=1S/C13H17NO6/c1-4-18-9(15)8-13(6-5-7-14)10(16)19-12(2,3)20-11(13)17/h4-6,8H2,1-3H3. The maximum absolute atomic E-state index is 12.1. The van der Waals surface area contributed by atoms with Crippen molar-refractivity contribution in [3.05, 3.63) is 0 Å². The van der Waals surface area contributed by atoms with Gasteiger partial charge in [0.05, 0.1) is 19.1 Å². The van der Waals surface area contributed by atoms with Crippen LogP contribution in [0.15, 0.2) is 0 Å². The number of nitrogens with zero attached hydrogens (tertiary/aromatic N) is 1. The Morgan fingerprint density at radius 1 is 1.30 bits per heavy atom. The SMILES string of the molecule is CCOC(=O)CC1(CCC#N)C(=O)OC(C)(C)OC1=O. The van der Waals surface area contributed by atoms with Gasteiger partial charge in [-0.15, -0.1) is 0 Å². The maximum Gasteiger partial charge on any atom is 0.327 e. The van der Waals surface area contributed by atoms with Crippen molar-refractivity contribution < 1.29 is 28.6 Å². The van der Waals surface area contributed by atoms with Crippen LogP contribution in [-0.4, -0.2) is 30.3 Å². The summed E-state index contributed by atoms with van der Waals surface area (Å²) in [5, 5.41) is 8.65. The quantitative estimate of drug-likeness (QED) is 0.549. The number of hydrogen-bond acceptors (Lipinski definition) is 7. The van der Waals surface area contributed by atoms with Gasteiger partial charge in [0.2, 0.25) is 0 Å². The minimum absolute atomic E-state index is 0.0793. The van der Waals surface area contributed by atoms with E-state index in [2.05, 4.69) is 0 Å². The van der Waals surface area contributed by atoms with Crippen molar-refractivity contribution in [2.24, 2.45) is 5.41 Å². The van der Waals surface area contributed by atoms with E-state index in [9.17, 15) is 14.4 Å². The zero-order valence-electron chi connectivity index (χ0n) is 11.7. The van der Waals surface area contributed by atoms with E-state index in [0.29, 0.717) is 0 Å². The molecule has 0 aromatic carbocycles. The second-order valence-electron chi connectivity index (χ2n) is 4.90. The summed E-state index contributed by atoms with van der Waals surface area (Å²) in [6.45, 7) is 4.58. The molecule has 1 aliphatic rings. The highest BCUT2D eigenvalue weighted by Crippen LogP contribution is 2.39. The first-order valence-corrected chi connectivity index (χ1v) is 6.27. The smallest absolute Gasteiger partial charge is 0.327 e. The van der Waals surface area contributed by atoms with Crippen LogP contribution in [0, 0.1) is 16.7 Å². The molecule has 0 spiro atoms. The highest BCUT2D eigenvalue weighted by atomic mass is 16.7. The van der Waals surface area contributed by atoms with Crippen molar-refractivity contribution in [1.82, 2.24) is 0 Å². The average Bonchev–Trinajstić information content (AvgIpc) is 2.31. The lowest BCUT2D eigenvalue weighted by Crippen LogP contribution is -2.54. The first-order valence-electron chi connectivity index (χ1n) is 6.27. The summed E-state index contributed by atoms with van der Waals surface area (Å²) in [6.07, 6.45) is -0.712. The van der Waals surface area contributed by atoms with Crippen molar-refractivity contribution in [3.63, 3.8) is 0 Å². The summed E-state index contributed by atoms with van der Waals surface area (Å²) in [5.41, 5.74) is -1.79. The molecule has 20 heavy (non-hydrogen) atoms. The molecule has 0 unspecified atom stereocenters. The summed E-state index contributed by atoms with van der Waals surface area (Å²) in [5.74, 6) is -3.80. The van der Waals surface area contributed by atoms with E-state index in [1.165, 1.54) is 13.8 Å². The fourth-order valence-corrected chi connectivity index (χ4v) is 1.91. The summed E-state index contributed by atoms with van der Waals surface area (Å²) in [7, 11) is 0. The second-order valence-corrected chi connectivity index (χ2v) is 4.90. The highest BCUT2D eigenvalue weighted by molar-refractivity contribution is 6.04. The third kappa shape index (κ3) is 3.26. The number of hydrogen-bond donors (Lipinski definition) is 0. The molecule has 1 heterocycles. The van der Waals surface area contributed by atoms with Crippen molar-refractivity contribution >= 4 is 17.9 Å². The molecular weight excluding hydrogens is 266 g/mol. The van der Waals surface area contributed by atoms with Crippen LogP contribution in [0.1, 0.15) is 40.0 Å². The van der Waals surface area contributed by atoms with Gasteiger partial charge in [-0.2, -0.15) is 5.26 Å². The summed E-state index contributed by atoms with van der Waals surface area (Å²) in [6, 6.07) is 1.84. The Labute approximate surface area is 116 Å². The normalized spacial score (nSPS) is 19.5. The number of esters is 3. The molecule has 7 nitrogen and oxygen atoms in total. The van der Waals surface area contributed by atoms with Crippen molar-refractivity contribution in [2.75, 3.05) is 6.61 Å². The third-order valence-electron chi connectivity index (χ3n) is 2.87. The second kappa shape index (κ2) is 5.90. The predicted molar refractivity (Wildman–Crippen MR) is 64.8 cm³/mol. The van der Waals surface area contributed by atoms with Gasteiger partial charge in [-0.05, 0) is 13.3 Å². The zero-order chi connectivity index (χ0) is 15.4. The van der Waals surface area contributed by atoms with E-state index < -0.39 is 35.5 Å². The van der Waals surface area contributed by atoms with E-state index in [4.69, 9.17) is 19.5 Å². The Hall–Kier alpha value is -2.10. The first kappa shape index (κ1) is 16.0. The molecule has 1 aliphatic heterocycles. The molecule has 0 aromatic heterocycles. The summed E-state index contributed by atoms with van der Waals surface area (Å²) < 4.78 is 14.8. The van der Waals surface area contributed by atoms with Crippen LogP contribution in [0.4, 0.5) is 0 Å². The Morgan fingerprint density at radius 2 is 1.85 bits per heavy atom. The van der Waals surface area contributed by atoms with Crippen LogP contribution in [0.25, 0.3) is 0 Å². The Morgan fingerprint density at radius 3 is 2.30 bits per heavy atom. The molecule has 0 radical (unpaired) electrons. The van der Waals surface area contributed by atoms with Crippen LogP contribution < -0.4 is 0 Å². The molecule has 0 aromatic rings. The molecular formula is C13H17NO6. The molecule has 0 amide bonds. The number of carbonyl (C=O) groups excluding carboxylic acids is 3. The van der Waals surface area contributed by atoms with Gasteiger partial charge in [0, 0.05) is 20.3 Å². The van der Waals surface area contributed by atoms with Crippen LogP contribution in [0.5, 0.6) is 0 Å². The molecule has 0 aliphatic carbocycles. The minimum atomic E-state index is -1.79. The van der Waals surface area contributed by atoms with E-state index in [0.717, 1.165) is 0 Å². The van der Waals surface area contributed by atoms with Gasteiger partial charge in [-0.1, -0.05) is 0 Å². The molecule has 0 saturated carbocycles. The van der Waals surface area contributed by atoms with Crippen LogP contribution in [0.3, 0.4) is 0 Å². The molecule has 1 rings (SSSR count). The zero-order valence-corrected chi connectivity index (χ0v) is 11.7. The van der Waals surface area contributed by atoms with Gasteiger partial charge in [-0.3, -0.25) is 14.4 Å². The lowest BCUT2D eigenvalue weighted by Gasteiger charge is -2.39. The molecule has 0 N–H and O–H groups in total. The maximum atomic E-state index is 12.1. The number of ether oxygens (including phenoxy) is 3. The van der Waals surface area contributed by atoms with Crippen LogP contribution >= 0.6 is 0 Å². The van der Waals surface area contributed by atoms with Gasteiger partial charge in [-0.25, -0.2) is 0 Å². The van der Waals surface area contributed by atoms with Crippen molar-refractivity contribution in [2.45, 2.75) is 45.8 Å². The Bertz CT molecular complexity index is 442. The number of carbonyl (C=O) groups is 3. The average molecular weight is 283 g/mol. The van der Waals surface area contributed by atoms with Crippen LogP contribution in [-0.2, 0) is 28.6 Å².